The van der Waals surface area contributed by atoms with Crippen LogP contribution in [0.5, 0.6) is 5.75 Å². The number of hydrogen-bond acceptors (Lipinski definition) is 6. The average Bonchev–Trinajstić information content (AvgIpc) is 3.63. The van der Waals surface area contributed by atoms with Crippen LogP contribution in [0.3, 0.4) is 0 Å². The Morgan fingerprint density at radius 1 is 1.07 bits per heavy atom. The van der Waals surface area contributed by atoms with Gasteiger partial charge in [-0.25, -0.2) is 4.68 Å². The number of amides is 1. The predicted molar refractivity (Wildman–Crippen MR) is 151 cm³/mol. The van der Waals surface area contributed by atoms with Crippen molar-refractivity contribution < 1.29 is 18.3 Å². The van der Waals surface area contributed by atoms with E-state index in [4.69, 9.17) is 10.00 Å². The van der Waals surface area contributed by atoms with Crippen molar-refractivity contribution in [1.29, 1.82) is 5.26 Å². The molecule has 0 unspecified atom stereocenters. The molecule has 2 aromatic carbocycles. The number of aryl methyl sites for hydroxylation is 2. The summed E-state index contributed by atoms with van der Waals surface area (Å²) in [7, 11) is 3.93. The van der Waals surface area contributed by atoms with Crippen molar-refractivity contribution in [3.8, 4) is 34.1 Å². The number of carbonyl (C=O) groups excluding carboxylic acids is 1. The molecular weight excluding hydrogens is 528 g/mol. The predicted octanol–water partition coefficient (Wildman–Crippen LogP) is 5.46. The van der Waals surface area contributed by atoms with E-state index in [0.717, 1.165) is 28.8 Å². The molecule has 0 radical (unpaired) electrons. The third-order valence-electron chi connectivity index (χ3n) is 6.62. The number of nitrogens with zero attached hydrogens (tertiary/aromatic N) is 6. The monoisotopic (exact) mass is 561 g/mol. The van der Waals surface area contributed by atoms with Crippen LogP contribution in [0.15, 0.2) is 61.2 Å². The van der Waals surface area contributed by atoms with Crippen LogP contribution in [0.25, 0.3) is 22.3 Å². The Morgan fingerprint density at radius 2 is 1.78 bits per heavy atom. The average molecular weight is 562 g/mol. The zero-order valence-electron chi connectivity index (χ0n) is 23.5. The lowest BCUT2D eigenvalue weighted by Crippen LogP contribution is -2.27. The van der Waals surface area contributed by atoms with Crippen LogP contribution >= 0.6 is 0 Å². The molecule has 0 bridgehead atoms. The van der Waals surface area contributed by atoms with Crippen LogP contribution in [-0.2, 0) is 6.54 Å². The van der Waals surface area contributed by atoms with Gasteiger partial charge < -0.3 is 15.0 Å². The molecule has 1 atom stereocenters. The smallest absolute Gasteiger partial charge is 0.333 e. The zero-order valence-corrected chi connectivity index (χ0v) is 23.5. The van der Waals surface area contributed by atoms with Crippen molar-refractivity contribution in [2.75, 3.05) is 27.2 Å². The first-order chi connectivity index (χ1) is 19.6. The largest absolute Gasteiger partial charge is 0.492 e. The Labute approximate surface area is 238 Å². The number of carbonyl (C=O) groups is 1. The van der Waals surface area contributed by atoms with Crippen molar-refractivity contribution in [2.24, 2.45) is 0 Å². The molecule has 4 aromatic rings. The molecule has 11 heteroatoms. The van der Waals surface area contributed by atoms with Crippen molar-refractivity contribution in [3.05, 3.63) is 77.9 Å². The molecule has 0 saturated heterocycles. The summed E-state index contributed by atoms with van der Waals surface area (Å²) >= 11 is 0. The first-order valence-corrected chi connectivity index (χ1v) is 13.2. The van der Waals surface area contributed by atoms with Gasteiger partial charge in [0, 0.05) is 35.6 Å². The van der Waals surface area contributed by atoms with Gasteiger partial charge in [0.15, 0.2) is 0 Å². The summed E-state index contributed by atoms with van der Waals surface area (Å²) < 4.78 is 34.6. The summed E-state index contributed by atoms with van der Waals surface area (Å²) in [4.78, 5) is 15.4. The highest BCUT2D eigenvalue weighted by Crippen LogP contribution is 2.31. The first kappa shape index (κ1) is 29.4. The summed E-state index contributed by atoms with van der Waals surface area (Å²) in [5, 5.41) is 20.1. The van der Waals surface area contributed by atoms with E-state index in [-0.39, 0.29) is 5.91 Å². The van der Waals surface area contributed by atoms with Crippen molar-refractivity contribution in [1.82, 2.24) is 29.8 Å². The number of alkyl halides is 2. The third-order valence-corrected chi connectivity index (χ3v) is 6.62. The standard InChI is InChI=1S/C30H33F2N7O2/c1-20-6-7-27(41-11-10-37(3)4)15-28(20)29(40)36-21(2)22-12-23(25-16-34-38(18-25)9-5-8-33)14-24(13-22)26-17-35-39(19-26)30(31)32/h6-7,12-19,21,30H,5,9-11H2,1-4H3,(H,36,40)/t21-/m1/s1. The summed E-state index contributed by atoms with van der Waals surface area (Å²) in [6.45, 7) is 2.68. The Kier molecular flexibility index (Phi) is 9.47. The van der Waals surface area contributed by atoms with Crippen molar-refractivity contribution >= 4 is 5.91 Å². The van der Waals surface area contributed by atoms with E-state index >= 15 is 0 Å². The van der Waals surface area contributed by atoms with Crippen molar-refractivity contribution in [2.45, 2.75) is 39.4 Å². The molecule has 2 heterocycles. The molecule has 0 aliphatic heterocycles. The minimum Gasteiger partial charge on any atom is -0.492 e. The van der Waals surface area contributed by atoms with Crippen LogP contribution in [0.2, 0.25) is 0 Å². The quantitative estimate of drug-likeness (QED) is 0.247. The van der Waals surface area contributed by atoms with Crippen molar-refractivity contribution in [3.63, 3.8) is 0 Å². The number of aromatic nitrogens is 4. The second-order valence-electron chi connectivity index (χ2n) is 10.1. The minimum atomic E-state index is -2.76. The Morgan fingerprint density at radius 3 is 2.44 bits per heavy atom. The number of hydrogen-bond donors (Lipinski definition) is 1. The maximum Gasteiger partial charge on any atom is 0.333 e. The Hall–Kier alpha value is -4.56. The van der Waals surface area contributed by atoms with Crippen LogP contribution in [-0.4, -0.2) is 57.6 Å². The molecule has 0 fully saturated rings. The normalized spacial score (nSPS) is 12.0. The molecule has 9 nitrogen and oxygen atoms in total. The maximum absolute atomic E-state index is 13.4. The number of benzene rings is 2. The van der Waals surface area contributed by atoms with E-state index in [1.165, 1.54) is 12.4 Å². The number of rotatable bonds is 12. The van der Waals surface area contributed by atoms with E-state index in [1.807, 2.05) is 69.4 Å². The topological polar surface area (TPSA) is 101 Å². The molecule has 0 saturated carbocycles. The molecule has 0 aliphatic rings. The van der Waals surface area contributed by atoms with Gasteiger partial charge in [-0.15, -0.1) is 0 Å². The van der Waals surface area contributed by atoms with Gasteiger partial charge in [-0.1, -0.05) is 6.07 Å². The number of likely N-dealkylation sites (N-methyl/N-ethyl adjacent to an activating group) is 1. The molecule has 1 N–H and O–H groups in total. The van der Waals surface area contributed by atoms with Gasteiger partial charge in [-0.3, -0.25) is 9.48 Å². The maximum atomic E-state index is 13.4. The summed E-state index contributed by atoms with van der Waals surface area (Å²) in [6, 6.07) is 12.8. The fraction of sp³-hybridized carbons (Fsp3) is 0.333. The molecule has 2 aromatic heterocycles. The van der Waals surface area contributed by atoms with E-state index < -0.39 is 12.6 Å². The Balaban J connectivity index is 1.62. The first-order valence-electron chi connectivity index (χ1n) is 13.2. The minimum absolute atomic E-state index is 0.255. The molecular formula is C30H33F2N7O2. The second kappa shape index (κ2) is 13.2. The van der Waals surface area contributed by atoms with Gasteiger partial charge in [-0.2, -0.15) is 24.2 Å². The number of halogens is 2. The molecule has 1 amide bonds. The highest BCUT2D eigenvalue weighted by Gasteiger charge is 2.18. The third kappa shape index (κ3) is 7.55. The van der Waals surface area contributed by atoms with Gasteiger partial charge in [0.1, 0.15) is 12.4 Å². The highest BCUT2D eigenvalue weighted by atomic mass is 19.3. The lowest BCUT2D eigenvalue weighted by Gasteiger charge is -2.18. The fourth-order valence-electron chi connectivity index (χ4n) is 4.27. The lowest BCUT2D eigenvalue weighted by atomic mass is 9.96. The van der Waals surface area contributed by atoms with E-state index in [0.29, 0.717) is 46.7 Å². The highest BCUT2D eigenvalue weighted by molar-refractivity contribution is 5.96. The van der Waals surface area contributed by atoms with Crippen LogP contribution < -0.4 is 10.1 Å². The molecule has 214 valence electrons. The number of nitriles is 1. The number of ether oxygens (including phenoxy) is 1. The fourth-order valence-corrected chi connectivity index (χ4v) is 4.27. The summed E-state index contributed by atoms with van der Waals surface area (Å²) in [6.07, 6.45) is 6.52. The van der Waals surface area contributed by atoms with Crippen LogP contribution in [0.4, 0.5) is 8.78 Å². The van der Waals surface area contributed by atoms with Gasteiger partial charge in [0.25, 0.3) is 5.91 Å². The number of nitrogens with one attached hydrogen (secondary N) is 1. The summed E-state index contributed by atoms with van der Waals surface area (Å²) in [5.74, 6) is 0.360. The molecule has 4 rings (SSSR count). The van der Waals surface area contributed by atoms with E-state index in [2.05, 4.69) is 21.6 Å². The second-order valence-corrected chi connectivity index (χ2v) is 10.1. The molecule has 0 spiro atoms. The molecule has 0 aliphatic carbocycles. The van der Waals surface area contributed by atoms with Gasteiger partial charge in [-0.05, 0) is 80.5 Å². The van der Waals surface area contributed by atoms with Gasteiger partial charge in [0.2, 0.25) is 0 Å². The Bertz CT molecular complexity index is 1540. The van der Waals surface area contributed by atoms with Gasteiger partial charge in [0.05, 0.1) is 37.5 Å². The van der Waals surface area contributed by atoms with Crippen LogP contribution in [0, 0.1) is 18.3 Å². The SMILES string of the molecule is Cc1ccc(OCCN(C)C)cc1C(=O)N[C@H](C)c1cc(-c2cnn(CCC#N)c2)cc(-c2cnn(C(F)F)c2)c1. The lowest BCUT2D eigenvalue weighted by molar-refractivity contribution is 0.0566. The summed E-state index contributed by atoms with van der Waals surface area (Å²) in [5.41, 5.74) is 4.87. The van der Waals surface area contributed by atoms with E-state index in [9.17, 15) is 13.6 Å². The van der Waals surface area contributed by atoms with Crippen LogP contribution in [0.1, 0.15) is 47.4 Å². The molecule has 41 heavy (non-hydrogen) atoms. The van der Waals surface area contributed by atoms with E-state index in [1.54, 1.807) is 16.9 Å². The van der Waals surface area contributed by atoms with Gasteiger partial charge >= 0.3 is 6.55 Å². The zero-order chi connectivity index (χ0) is 29.5.